The van der Waals surface area contributed by atoms with Gasteiger partial charge in [-0.25, -0.2) is 9.79 Å². The van der Waals surface area contributed by atoms with Crippen molar-refractivity contribution < 1.29 is 19.0 Å². The number of hydrogen-bond acceptors (Lipinski definition) is 5. The lowest BCUT2D eigenvalue weighted by molar-refractivity contribution is -0.129. The van der Waals surface area contributed by atoms with Gasteiger partial charge in [-0.2, -0.15) is 0 Å². The number of carbonyl (C=O) groups is 1. The molecule has 0 spiro atoms. The second-order valence-corrected chi connectivity index (χ2v) is 8.30. The van der Waals surface area contributed by atoms with Crippen LogP contribution in [-0.4, -0.2) is 25.6 Å². The van der Waals surface area contributed by atoms with Gasteiger partial charge >= 0.3 is 5.97 Å². The van der Waals surface area contributed by atoms with Gasteiger partial charge in [0.15, 0.2) is 17.2 Å². The molecule has 1 aliphatic heterocycles. The number of nitrogens with zero attached hydrogens (tertiary/aromatic N) is 1. The van der Waals surface area contributed by atoms with E-state index in [1.165, 1.54) is 0 Å². The topological polar surface area (TPSA) is 57.1 Å². The van der Waals surface area contributed by atoms with Crippen LogP contribution in [0.2, 0.25) is 0 Å². The van der Waals surface area contributed by atoms with E-state index in [-0.39, 0.29) is 5.70 Å². The van der Waals surface area contributed by atoms with Gasteiger partial charge in [0.05, 0.1) is 17.3 Å². The Morgan fingerprint density at radius 1 is 1.10 bits per heavy atom. The molecule has 0 N–H and O–H groups in total. The molecule has 158 valence electrons. The van der Waals surface area contributed by atoms with Gasteiger partial charge in [-0.3, -0.25) is 0 Å². The number of hydrogen-bond donors (Lipinski definition) is 0. The Morgan fingerprint density at radius 2 is 1.90 bits per heavy atom. The maximum Gasteiger partial charge on any atom is 0.363 e. The molecule has 0 aromatic heterocycles. The highest BCUT2D eigenvalue weighted by Gasteiger charge is 2.24. The van der Waals surface area contributed by atoms with Crippen molar-refractivity contribution in [2.45, 2.75) is 19.8 Å². The molecule has 3 aromatic carbocycles. The van der Waals surface area contributed by atoms with Crippen molar-refractivity contribution in [3.8, 4) is 11.5 Å². The molecule has 3 aromatic rings. The van der Waals surface area contributed by atoms with Gasteiger partial charge < -0.3 is 14.2 Å². The molecule has 5 nitrogen and oxygen atoms in total. The Hall–Kier alpha value is -2.87. The van der Waals surface area contributed by atoms with E-state index in [0.29, 0.717) is 24.0 Å². The molecule has 0 fully saturated rings. The van der Waals surface area contributed by atoms with Gasteiger partial charge in [0.1, 0.15) is 0 Å². The molecule has 0 amide bonds. The molecule has 1 heterocycles. The van der Waals surface area contributed by atoms with E-state index in [2.05, 4.69) is 34.5 Å². The first-order chi connectivity index (χ1) is 15.1. The number of rotatable bonds is 7. The normalized spacial score (nSPS) is 14.6. The monoisotopic (exact) mass is 527 g/mol. The van der Waals surface area contributed by atoms with Gasteiger partial charge in [-0.05, 0) is 75.7 Å². The highest BCUT2D eigenvalue weighted by molar-refractivity contribution is 14.1. The van der Waals surface area contributed by atoms with Crippen molar-refractivity contribution in [2.75, 3.05) is 13.7 Å². The van der Waals surface area contributed by atoms with E-state index < -0.39 is 5.97 Å². The highest BCUT2D eigenvalue weighted by Crippen LogP contribution is 2.35. The Morgan fingerprint density at radius 3 is 2.68 bits per heavy atom. The first-order valence-corrected chi connectivity index (χ1v) is 11.2. The molecule has 0 radical (unpaired) electrons. The number of benzene rings is 3. The van der Waals surface area contributed by atoms with Crippen LogP contribution < -0.4 is 9.47 Å². The molecule has 4 rings (SSSR count). The number of ether oxygens (including phenoxy) is 3. The molecule has 0 saturated heterocycles. The maximum atomic E-state index is 12.4. The Bertz CT molecular complexity index is 1200. The Kier molecular flexibility index (Phi) is 6.56. The van der Waals surface area contributed by atoms with Gasteiger partial charge in [0, 0.05) is 5.56 Å². The average molecular weight is 527 g/mol. The first kappa shape index (κ1) is 21.4. The summed E-state index contributed by atoms with van der Waals surface area (Å²) in [6, 6.07) is 17.7. The number of methoxy groups -OCH3 is 1. The van der Waals surface area contributed by atoms with Crippen molar-refractivity contribution in [2.24, 2.45) is 4.99 Å². The van der Waals surface area contributed by atoms with Crippen molar-refractivity contribution in [1.29, 1.82) is 0 Å². The van der Waals surface area contributed by atoms with E-state index in [1.54, 1.807) is 13.2 Å². The SMILES string of the molecule is CCCCOc1c(I)cc(/C=C2\N=C(c3ccc4ccccc4c3)OC2=O)cc1OC. The fraction of sp³-hybridized carbons (Fsp3) is 0.200. The zero-order valence-electron chi connectivity index (χ0n) is 17.4. The van der Waals surface area contributed by atoms with Crippen LogP contribution in [0.1, 0.15) is 30.9 Å². The van der Waals surface area contributed by atoms with Crippen LogP contribution in [0.5, 0.6) is 11.5 Å². The standard InChI is InChI=1S/C25H22INO4/c1-3-4-11-30-23-20(26)12-16(14-22(23)29-2)13-21-25(28)31-24(27-21)19-10-9-17-7-5-6-8-18(17)15-19/h5-10,12-15H,3-4,11H2,1-2H3/b21-13-. The van der Waals surface area contributed by atoms with E-state index in [0.717, 1.165) is 38.3 Å². The van der Waals surface area contributed by atoms with Crippen LogP contribution >= 0.6 is 22.6 Å². The zero-order chi connectivity index (χ0) is 21.8. The molecular formula is C25H22INO4. The zero-order valence-corrected chi connectivity index (χ0v) is 19.5. The number of esters is 1. The van der Waals surface area contributed by atoms with E-state index >= 15 is 0 Å². The van der Waals surface area contributed by atoms with Crippen molar-refractivity contribution >= 4 is 51.3 Å². The number of aliphatic imine (C=N–C) groups is 1. The number of fused-ring (bicyclic) bond motifs is 1. The summed E-state index contributed by atoms with van der Waals surface area (Å²) in [5, 5.41) is 2.18. The minimum atomic E-state index is -0.472. The summed E-state index contributed by atoms with van der Waals surface area (Å²) in [6.45, 7) is 2.75. The summed E-state index contributed by atoms with van der Waals surface area (Å²) >= 11 is 2.21. The van der Waals surface area contributed by atoms with E-state index in [4.69, 9.17) is 14.2 Å². The van der Waals surface area contributed by atoms with Crippen LogP contribution in [0.3, 0.4) is 0 Å². The average Bonchev–Trinajstić information content (AvgIpc) is 3.14. The third kappa shape index (κ3) is 4.74. The Balaban J connectivity index is 1.64. The number of cyclic esters (lactones) is 1. The first-order valence-electron chi connectivity index (χ1n) is 10.1. The maximum absolute atomic E-state index is 12.4. The molecule has 0 atom stereocenters. The lowest BCUT2D eigenvalue weighted by atomic mass is 10.1. The van der Waals surface area contributed by atoms with Crippen LogP contribution in [0.25, 0.3) is 16.8 Å². The summed E-state index contributed by atoms with van der Waals surface area (Å²) in [6.07, 6.45) is 3.74. The molecule has 6 heteroatoms. The molecule has 1 aliphatic rings. The van der Waals surface area contributed by atoms with Crippen LogP contribution in [0.4, 0.5) is 0 Å². The van der Waals surface area contributed by atoms with E-state index in [1.807, 2.05) is 54.6 Å². The van der Waals surface area contributed by atoms with Gasteiger partial charge in [-0.1, -0.05) is 43.7 Å². The summed E-state index contributed by atoms with van der Waals surface area (Å²) in [4.78, 5) is 16.9. The lowest BCUT2D eigenvalue weighted by Crippen LogP contribution is -2.05. The van der Waals surface area contributed by atoms with Crippen molar-refractivity contribution in [3.05, 3.63) is 75.0 Å². The quantitative estimate of drug-likeness (QED) is 0.164. The van der Waals surface area contributed by atoms with Crippen molar-refractivity contribution in [1.82, 2.24) is 0 Å². The van der Waals surface area contributed by atoms with E-state index in [9.17, 15) is 4.79 Å². The van der Waals surface area contributed by atoms with Crippen LogP contribution in [0.15, 0.2) is 65.3 Å². The summed E-state index contributed by atoms with van der Waals surface area (Å²) in [7, 11) is 1.61. The smallest absolute Gasteiger partial charge is 0.363 e. The van der Waals surface area contributed by atoms with Crippen LogP contribution in [0, 0.1) is 3.57 Å². The second-order valence-electron chi connectivity index (χ2n) is 7.13. The number of unbranched alkanes of at least 4 members (excludes halogenated alkanes) is 1. The summed E-state index contributed by atoms with van der Waals surface area (Å²) in [5.74, 6) is 1.18. The van der Waals surface area contributed by atoms with Gasteiger partial charge in [0.25, 0.3) is 0 Å². The molecule has 31 heavy (non-hydrogen) atoms. The fourth-order valence-corrected chi connectivity index (χ4v) is 4.08. The molecule has 0 unspecified atom stereocenters. The van der Waals surface area contributed by atoms with Gasteiger partial charge in [-0.15, -0.1) is 0 Å². The summed E-state index contributed by atoms with van der Waals surface area (Å²) < 4.78 is 17.7. The van der Waals surface area contributed by atoms with Gasteiger partial charge in [0.2, 0.25) is 5.90 Å². The second kappa shape index (κ2) is 9.51. The molecule has 0 bridgehead atoms. The minimum Gasteiger partial charge on any atom is -0.493 e. The third-order valence-corrected chi connectivity index (χ3v) is 5.72. The highest BCUT2D eigenvalue weighted by atomic mass is 127. The lowest BCUT2D eigenvalue weighted by Gasteiger charge is -2.13. The minimum absolute atomic E-state index is 0.251. The predicted octanol–water partition coefficient (Wildman–Crippen LogP) is 5.98. The largest absolute Gasteiger partial charge is 0.493 e. The predicted molar refractivity (Wildman–Crippen MR) is 131 cm³/mol. The van der Waals surface area contributed by atoms with Crippen LogP contribution in [-0.2, 0) is 9.53 Å². The molecule has 0 saturated carbocycles. The Labute approximate surface area is 194 Å². The van der Waals surface area contributed by atoms with Crippen molar-refractivity contribution in [3.63, 3.8) is 0 Å². The molecule has 0 aliphatic carbocycles. The summed E-state index contributed by atoms with van der Waals surface area (Å²) in [5.41, 5.74) is 1.81. The fourth-order valence-electron chi connectivity index (χ4n) is 3.29. The molecular weight excluding hydrogens is 505 g/mol. The number of carbonyl (C=O) groups excluding carboxylic acids is 1. The third-order valence-electron chi connectivity index (χ3n) is 4.92. The number of halogens is 1.